The van der Waals surface area contributed by atoms with Gasteiger partial charge >= 0.3 is 0 Å². The van der Waals surface area contributed by atoms with Gasteiger partial charge in [-0.1, -0.05) is 30.3 Å². The number of nitrogens with zero attached hydrogens (tertiary/aromatic N) is 5. The van der Waals surface area contributed by atoms with Gasteiger partial charge in [-0.15, -0.1) is 0 Å². The zero-order chi connectivity index (χ0) is 20.1. The first kappa shape index (κ1) is 19.5. The molecule has 0 aliphatic carbocycles. The smallest absolute Gasteiger partial charge is 0.258 e. The number of carbonyl (C=O) groups is 1. The van der Waals surface area contributed by atoms with Gasteiger partial charge in [-0.05, 0) is 27.6 Å². The van der Waals surface area contributed by atoms with E-state index < -0.39 is 0 Å². The third kappa shape index (κ3) is 5.16. The highest BCUT2D eigenvalue weighted by molar-refractivity contribution is 9.10. The van der Waals surface area contributed by atoms with Crippen LogP contribution in [0.4, 0.5) is 11.6 Å². The molecule has 0 unspecified atom stereocenters. The Bertz CT molecular complexity index is 976. The average molecular weight is 453 g/mol. The van der Waals surface area contributed by atoms with E-state index in [2.05, 4.69) is 70.3 Å². The van der Waals surface area contributed by atoms with E-state index in [4.69, 9.17) is 0 Å². The van der Waals surface area contributed by atoms with E-state index >= 15 is 0 Å². The van der Waals surface area contributed by atoms with Crippen LogP contribution in [0.5, 0.6) is 0 Å². The molecule has 1 aromatic carbocycles. The molecule has 4 rings (SSSR count). The predicted octanol–water partition coefficient (Wildman–Crippen LogP) is 3.21. The Kier molecular flexibility index (Phi) is 6.12. The van der Waals surface area contributed by atoms with Gasteiger partial charge in [0.05, 0.1) is 5.56 Å². The molecule has 0 spiro atoms. The number of piperazine rings is 1. The normalized spacial score (nSPS) is 14.6. The number of benzene rings is 1. The molecular weight excluding hydrogens is 432 g/mol. The molecule has 2 aromatic heterocycles. The van der Waals surface area contributed by atoms with Crippen LogP contribution >= 0.6 is 15.9 Å². The SMILES string of the molecule is O=C(Nc1cc(N2CCN(Cc3ccccc3)CC2)ncn1)c1cncc(Br)c1. The highest BCUT2D eigenvalue weighted by atomic mass is 79.9. The van der Waals surface area contributed by atoms with E-state index in [9.17, 15) is 4.79 Å². The van der Waals surface area contributed by atoms with Crippen molar-refractivity contribution in [2.24, 2.45) is 0 Å². The van der Waals surface area contributed by atoms with E-state index in [-0.39, 0.29) is 5.91 Å². The Balaban J connectivity index is 1.36. The van der Waals surface area contributed by atoms with Gasteiger partial charge in [-0.2, -0.15) is 0 Å². The van der Waals surface area contributed by atoms with E-state index in [0.717, 1.165) is 43.0 Å². The van der Waals surface area contributed by atoms with Gasteiger partial charge in [-0.3, -0.25) is 14.7 Å². The average Bonchev–Trinajstić information content (AvgIpc) is 2.75. The number of halogens is 1. The minimum absolute atomic E-state index is 0.254. The molecule has 0 bridgehead atoms. The summed E-state index contributed by atoms with van der Waals surface area (Å²) in [5.74, 6) is 1.05. The first-order valence-electron chi connectivity index (χ1n) is 9.42. The number of carbonyl (C=O) groups excluding carboxylic acids is 1. The maximum absolute atomic E-state index is 12.4. The molecule has 3 heterocycles. The van der Waals surface area contributed by atoms with E-state index in [0.29, 0.717) is 11.4 Å². The first-order chi connectivity index (χ1) is 14.2. The van der Waals surface area contributed by atoms with Gasteiger partial charge in [0.1, 0.15) is 18.0 Å². The van der Waals surface area contributed by atoms with Crippen LogP contribution < -0.4 is 10.2 Å². The molecule has 1 N–H and O–H groups in total. The van der Waals surface area contributed by atoms with Crippen LogP contribution in [0, 0.1) is 0 Å². The van der Waals surface area contributed by atoms with Crippen LogP contribution in [0.25, 0.3) is 0 Å². The minimum Gasteiger partial charge on any atom is -0.354 e. The fraction of sp³-hybridized carbons (Fsp3) is 0.238. The summed E-state index contributed by atoms with van der Waals surface area (Å²) in [6.45, 7) is 4.65. The van der Waals surface area contributed by atoms with Crippen molar-refractivity contribution in [3.8, 4) is 0 Å². The van der Waals surface area contributed by atoms with Gasteiger partial charge in [0.15, 0.2) is 0 Å². The molecule has 148 valence electrons. The zero-order valence-electron chi connectivity index (χ0n) is 15.8. The van der Waals surface area contributed by atoms with E-state index in [1.54, 1.807) is 12.3 Å². The number of anilines is 2. The predicted molar refractivity (Wildman–Crippen MR) is 116 cm³/mol. The molecular formula is C21H21BrN6O. The molecule has 29 heavy (non-hydrogen) atoms. The highest BCUT2D eigenvalue weighted by Crippen LogP contribution is 2.18. The second kappa shape index (κ2) is 9.11. The van der Waals surface area contributed by atoms with Crippen molar-refractivity contribution in [1.82, 2.24) is 19.9 Å². The molecule has 1 aliphatic heterocycles. The number of pyridine rings is 1. The molecule has 3 aromatic rings. The lowest BCUT2D eigenvalue weighted by Crippen LogP contribution is -2.46. The molecule has 1 amide bonds. The number of nitrogens with one attached hydrogen (secondary N) is 1. The molecule has 1 aliphatic rings. The van der Waals surface area contributed by atoms with Crippen molar-refractivity contribution in [2.75, 3.05) is 36.4 Å². The molecule has 1 saturated heterocycles. The van der Waals surface area contributed by atoms with E-state index in [1.165, 1.54) is 18.1 Å². The van der Waals surface area contributed by atoms with Crippen LogP contribution in [0.2, 0.25) is 0 Å². The molecule has 0 saturated carbocycles. The third-order valence-electron chi connectivity index (χ3n) is 4.81. The fourth-order valence-corrected chi connectivity index (χ4v) is 3.65. The van der Waals surface area contributed by atoms with Crippen LogP contribution in [0.15, 0.2) is 65.7 Å². The lowest BCUT2D eigenvalue weighted by atomic mass is 10.2. The van der Waals surface area contributed by atoms with Crippen molar-refractivity contribution in [1.29, 1.82) is 0 Å². The minimum atomic E-state index is -0.254. The Hall–Kier alpha value is -2.84. The number of aromatic nitrogens is 3. The van der Waals surface area contributed by atoms with Gasteiger partial charge in [0.2, 0.25) is 0 Å². The Labute approximate surface area is 177 Å². The van der Waals surface area contributed by atoms with Crippen LogP contribution in [-0.2, 0) is 6.54 Å². The Morgan fingerprint density at radius 2 is 1.83 bits per heavy atom. The van der Waals surface area contributed by atoms with Crippen molar-refractivity contribution < 1.29 is 4.79 Å². The van der Waals surface area contributed by atoms with Gasteiger partial charge in [0, 0.05) is 55.7 Å². The van der Waals surface area contributed by atoms with E-state index in [1.807, 2.05) is 12.1 Å². The summed E-state index contributed by atoms with van der Waals surface area (Å²) in [6, 6.07) is 14.0. The second-order valence-corrected chi connectivity index (χ2v) is 7.77. The van der Waals surface area contributed by atoms with Crippen molar-refractivity contribution in [3.63, 3.8) is 0 Å². The van der Waals surface area contributed by atoms with Crippen molar-refractivity contribution in [3.05, 3.63) is 76.8 Å². The summed E-state index contributed by atoms with van der Waals surface area (Å²) < 4.78 is 0.752. The maximum atomic E-state index is 12.4. The summed E-state index contributed by atoms with van der Waals surface area (Å²) >= 11 is 3.33. The second-order valence-electron chi connectivity index (χ2n) is 6.86. The monoisotopic (exact) mass is 452 g/mol. The number of rotatable bonds is 5. The van der Waals surface area contributed by atoms with Gasteiger partial charge in [0.25, 0.3) is 5.91 Å². The third-order valence-corrected chi connectivity index (χ3v) is 5.24. The first-order valence-corrected chi connectivity index (χ1v) is 10.2. The topological polar surface area (TPSA) is 74.2 Å². The summed E-state index contributed by atoms with van der Waals surface area (Å²) in [6.07, 6.45) is 4.64. The van der Waals surface area contributed by atoms with Crippen molar-refractivity contribution >= 4 is 33.5 Å². The molecule has 0 radical (unpaired) electrons. The standard InChI is InChI=1S/C21H21BrN6O/c22-18-10-17(12-23-13-18)21(29)26-19-11-20(25-15-24-19)28-8-6-27(7-9-28)14-16-4-2-1-3-5-16/h1-5,10-13,15H,6-9,14H2,(H,24,25,26,29). The van der Waals surface area contributed by atoms with Crippen LogP contribution in [0.3, 0.4) is 0 Å². The largest absolute Gasteiger partial charge is 0.354 e. The Morgan fingerprint density at radius 3 is 2.59 bits per heavy atom. The fourth-order valence-electron chi connectivity index (χ4n) is 3.29. The lowest BCUT2D eigenvalue weighted by molar-refractivity contribution is 0.102. The summed E-state index contributed by atoms with van der Waals surface area (Å²) in [5.41, 5.74) is 1.80. The molecule has 0 atom stereocenters. The summed E-state index contributed by atoms with van der Waals surface area (Å²) in [4.78, 5) is 29.7. The quantitative estimate of drug-likeness (QED) is 0.640. The Morgan fingerprint density at radius 1 is 1.03 bits per heavy atom. The lowest BCUT2D eigenvalue weighted by Gasteiger charge is -2.35. The number of hydrogen-bond donors (Lipinski definition) is 1. The van der Waals surface area contributed by atoms with Gasteiger partial charge < -0.3 is 10.2 Å². The highest BCUT2D eigenvalue weighted by Gasteiger charge is 2.19. The number of amides is 1. The zero-order valence-corrected chi connectivity index (χ0v) is 17.4. The van der Waals surface area contributed by atoms with Crippen LogP contribution in [0.1, 0.15) is 15.9 Å². The van der Waals surface area contributed by atoms with Crippen molar-refractivity contribution in [2.45, 2.75) is 6.54 Å². The summed E-state index contributed by atoms with van der Waals surface area (Å²) in [7, 11) is 0. The maximum Gasteiger partial charge on any atom is 0.258 e. The van der Waals surface area contributed by atoms with Crippen LogP contribution in [-0.4, -0.2) is 51.9 Å². The molecule has 8 heteroatoms. The number of hydrogen-bond acceptors (Lipinski definition) is 6. The van der Waals surface area contributed by atoms with Gasteiger partial charge in [-0.25, -0.2) is 9.97 Å². The molecule has 1 fully saturated rings. The summed E-state index contributed by atoms with van der Waals surface area (Å²) in [5, 5.41) is 2.82. The molecule has 7 nitrogen and oxygen atoms in total.